The SMILES string of the molecule is CCC(C#N)(CC)C(=O)Nc1cc(C)cc(F)c1. The van der Waals surface area contributed by atoms with Crippen LogP contribution in [0.1, 0.15) is 32.3 Å². The number of nitrogens with one attached hydrogen (secondary N) is 1. The van der Waals surface area contributed by atoms with Gasteiger partial charge >= 0.3 is 0 Å². The fraction of sp³-hybridized carbons (Fsp3) is 0.429. The third kappa shape index (κ3) is 2.86. The van der Waals surface area contributed by atoms with Gasteiger partial charge in [-0.1, -0.05) is 13.8 Å². The molecule has 1 aromatic carbocycles. The van der Waals surface area contributed by atoms with Crippen molar-refractivity contribution in [3.8, 4) is 6.07 Å². The molecule has 1 aromatic rings. The molecule has 0 aliphatic carbocycles. The summed E-state index contributed by atoms with van der Waals surface area (Å²) in [6, 6.07) is 6.36. The highest BCUT2D eigenvalue weighted by Crippen LogP contribution is 2.27. The van der Waals surface area contributed by atoms with Crippen molar-refractivity contribution in [2.24, 2.45) is 5.41 Å². The maximum Gasteiger partial charge on any atom is 0.244 e. The van der Waals surface area contributed by atoms with Crippen LogP contribution in [0.15, 0.2) is 18.2 Å². The number of nitriles is 1. The van der Waals surface area contributed by atoms with Crippen molar-refractivity contribution in [2.75, 3.05) is 5.32 Å². The molecule has 0 saturated heterocycles. The van der Waals surface area contributed by atoms with E-state index in [2.05, 4.69) is 11.4 Å². The molecule has 0 aliphatic rings. The number of aryl methyl sites for hydroxylation is 1. The van der Waals surface area contributed by atoms with Gasteiger partial charge < -0.3 is 5.32 Å². The Morgan fingerprint density at radius 1 is 1.39 bits per heavy atom. The number of halogens is 1. The van der Waals surface area contributed by atoms with Crippen LogP contribution in [-0.2, 0) is 4.79 Å². The molecule has 0 radical (unpaired) electrons. The van der Waals surface area contributed by atoms with Crippen LogP contribution in [0, 0.1) is 29.5 Å². The molecule has 0 heterocycles. The molecule has 0 aromatic heterocycles. The highest BCUT2D eigenvalue weighted by molar-refractivity contribution is 5.97. The first-order valence-corrected chi connectivity index (χ1v) is 5.97. The molecule has 18 heavy (non-hydrogen) atoms. The molecule has 3 nitrogen and oxygen atoms in total. The molecule has 0 unspecified atom stereocenters. The lowest BCUT2D eigenvalue weighted by atomic mass is 9.83. The van der Waals surface area contributed by atoms with E-state index in [0.29, 0.717) is 18.5 Å². The summed E-state index contributed by atoms with van der Waals surface area (Å²) in [4.78, 5) is 12.1. The minimum absolute atomic E-state index is 0.375. The van der Waals surface area contributed by atoms with E-state index in [4.69, 9.17) is 5.26 Å². The van der Waals surface area contributed by atoms with Gasteiger partial charge in [-0.3, -0.25) is 4.79 Å². The Labute approximate surface area is 107 Å². The highest BCUT2D eigenvalue weighted by Gasteiger charge is 2.35. The quantitative estimate of drug-likeness (QED) is 0.887. The number of amides is 1. The van der Waals surface area contributed by atoms with E-state index in [1.807, 2.05) is 0 Å². The molecule has 1 amide bonds. The maximum absolute atomic E-state index is 13.2. The minimum Gasteiger partial charge on any atom is -0.325 e. The van der Waals surface area contributed by atoms with Crippen molar-refractivity contribution < 1.29 is 9.18 Å². The van der Waals surface area contributed by atoms with Crippen molar-refractivity contribution in [2.45, 2.75) is 33.6 Å². The first kappa shape index (κ1) is 14.2. The maximum atomic E-state index is 13.2. The second-order valence-electron chi connectivity index (χ2n) is 4.37. The van der Waals surface area contributed by atoms with Crippen LogP contribution < -0.4 is 5.32 Å². The molecule has 1 rings (SSSR count). The minimum atomic E-state index is -1.04. The average Bonchev–Trinajstić information content (AvgIpc) is 2.30. The highest BCUT2D eigenvalue weighted by atomic mass is 19.1. The van der Waals surface area contributed by atoms with Crippen LogP contribution in [0.3, 0.4) is 0 Å². The van der Waals surface area contributed by atoms with Crippen LogP contribution in [-0.4, -0.2) is 5.91 Å². The molecule has 0 saturated carbocycles. The zero-order chi connectivity index (χ0) is 13.8. The van der Waals surface area contributed by atoms with Gasteiger partial charge in [-0.25, -0.2) is 4.39 Å². The van der Waals surface area contributed by atoms with Crippen LogP contribution in [0.4, 0.5) is 10.1 Å². The zero-order valence-electron chi connectivity index (χ0n) is 10.9. The van der Waals surface area contributed by atoms with Gasteiger partial charge in [-0.05, 0) is 43.5 Å². The first-order valence-electron chi connectivity index (χ1n) is 5.97. The Kier molecular flexibility index (Phi) is 4.43. The number of anilines is 1. The fourth-order valence-electron chi connectivity index (χ4n) is 1.84. The first-order chi connectivity index (χ1) is 8.47. The molecule has 0 atom stereocenters. The summed E-state index contributed by atoms with van der Waals surface area (Å²) in [6.07, 6.45) is 0.861. The second-order valence-corrected chi connectivity index (χ2v) is 4.37. The molecule has 4 heteroatoms. The van der Waals surface area contributed by atoms with E-state index in [1.165, 1.54) is 12.1 Å². The molecule has 0 fully saturated rings. The lowest BCUT2D eigenvalue weighted by molar-refractivity contribution is -0.123. The van der Waals surface area contributed by atoms with Crippen molar-refractivity contribution in [3.05, 3.63) is 29.6 Å². The second kappa shape index (κ2) is 5.63. The predicted octanol–water partition coefficient (Wildman–Crippen LogP) is 3.40. The van der Waals surface area contributed by atoms with E-state index in [9.17, 15) is 9.18 Å². The largest absolute Gasteiger partial charge is 0.325 e. The average molecular weight is 248 g/mol. The van der Waals surface area contributed by atoms with Gasteiger partial charge in [0.15, 0.2) is 0 Å². The Hall–Kier alpha value is -1.89. The summed E-state index contributed by atoms with van der Waals surface area (Å²) in [5.74, 6) is -0.777. The number of carbonyl (C=O) groups excluding carboxylic acids is 1. The van der Waals surface area contributed by atoms with E-state index >= 15 is 0 Å². The summed E-state index contributed by atoms with van der Waals surface area (Å²) in [7, 11) is 0. The lowest BCUT2D eigenvalue weighted by Gasteiger charge is -2.22. The number of benzene rings is 1. The van der Waals surface area contributed by atoms with E-state index < -0.39 is 11.2 Å². The normalized spacial score (nSPS) is 10.8. The van der Waals surface area contributed by atoms with E-state index in [-0.39, 0.29) is 5.91 Å². The molecular weight excluding hydrogens is 231 g/mol. The standard InChI is InChI=1S/C14H17FN2O/c1-4-14(5-2,9-16)13(18)17-12-7-10(3)6-11(15)8-12/h6-8H,4-5H2,1-3H3,(H,17,18). The topological polar surface area (TPSA) is 52.9 Å². The summed E-state index contributed by atoms with van der Waals surface area (Å²) < 4.78 is 13.2. The van der Waals surface area contributed by atoms with Gasteiger partial charge in [0.05, 0.1) is 6.07 Å². The molecule has 96 valence electrons. The van der Waals surface area contributed by atoms with Crippen molar-refractivity contribution in [3.63, 3.8) is 0 Å². The smallest absolute Gasteiger partial charge is 0.244 e. The Morgan fingerprint density at radius 2 is 2.00 bits per heavy atom. The summed E-state index contributed by atoms with van der Waals surface area (Å²) in [5.41, 5.74) is 0.0696. The van der Waals surface area contributed by atoms with Gasteiger partial charge in [0, 0.05) is 5.69 Å². The molecule has 0 bridgehead atoms. The van der Waals surface area contributed by atoms with Crippen molar-refractivity contribution in [1.29, 1.82) is 5.26 Å². The van der Waals surface area contributed by atoms with Gasteiger partial charge in [0.2, 0.25) is 5.91 Å². The number of carbonyl (C=O) groups is 1. The van der Waals surface area contributed by atoms with Gasteiger partial charge in [-0.15, -0.1) is 0 Å². The van der Waals surface area contributed by atoms with Crippen molar-refractivity contribution in [1.82, 2.24) is 0 Å². The van der Waals surface area contributed by atoms with E-state index in [0.717, 1.165) is 5.56 Å². The van der Waals surface area contributed by atoms with Crippen LogP contribution in [0.25, 0.3) is 0 Å². The van der Waals surface area contributed by atoms with Crippen molar-refractivity contribution >= 4 is 11.6 Å². The monoisotopic (exact) mass is 248 g/mol. The molecular formula is C14H17FN2O. The van der Waals surface area contributed by atoms with Gasteiger partial charge in [0.1, 0.15) is 11.2 Å². The Balaban J connectivity index is 2.97. The van der Waals surface area contributed by atoms with Crippen LogP contribution >= 0.6 is 0 Å². The number of hydrogen-bond donors (Lipinski definition) is 1. The third-order valence-corrected chi connectivity index (χ3v) is 3.16. The third-order valence-electron chi connectivity index (χ3n) is 3.16. The lowest BCUT2D eigenvalue weighted by Crippen LogP contribution is -2.34. The molecule has 0 aliphatic heterocycles. The fourth-order valence-corrected chi connectivity index (χ4v) is 1.84. The number of nitrogens with zero attached hydrogens (tertiary/aromatic N) is 1. The molecule has 1 N–H and O–H groups in total. The number of rotatable bonds is 4. The zero-order valence-corrected chi connectivity index (χ0v) is 10.9. The van der Waals surface area contributed by atoms with E-state index in [1.54, 1.807) is 26.8 Å². The van der Waals surface area contributed by atoms with Crippen LogP contribution in [0.5, 0.6) is 0 Å². The summed E-state index contributed by atoms with van der Waals surface area (Å²) >= 11 is 0. The Bertz CT molecular complexity index is 467. The molecule has 0 spiro atoms. The summed E-state index contributed by atoms with van der Waals surface area (Å²) in [6.45, 7) is 5.34. The Morgan fingerprint density at radius 3 is 2.44 bits per heavy atom. The van der Waals surface area contributed by atoms with Gasteiger partial charge in [-0.2, -0.15) is 5.26 Å². The predicted molar refractivity (Wildman–Crippen MR) is 68.4 cm³/mol. The van der Waals surface area contributed by atoms with Gasteiger partial charge in [0.25, 0.3) is 0 Å². The number of hydrogen-bond acceptors (Lipinski definition) is 2. The summed E-state index contributed by atoms with van der Waals surface area (Å²) in [5, 5.41) is 11.8. The van der Waals surface area contributed by atoms with Crippen LogP contribution in [0.2, 0.25) is 0 Å².